The fourth-order valence-corrected chi connectivity index (χ4v) is 2.54. The zero-order valence-corrected chi connectivity index (χ0v) is 15.5. The molecule has 2 atom stereocenters. The molecule has 1 amide bonds. The molecule has 0 aliphatic rings. The number of aliphatic hydroxyl groups is 1. The van der Waals surface area contributed by atoms with Crippen molar-refractivity contribution in [2.24, 2.45) is 5.92 Å². The molecule has 0 radical (unpaired) electrons. The highest BCUT2D eigenvalue weighted by molar-refractivity contribution is 5.71. The summed E-state index contributed by atoms with van der Waals surface area (Å²) in [5.41, 5.74) is 0.886. The van der Waals surface area contributed by atoms with E-state index in [2.05, 4.69) is 0 Å². The van der Waals surface area contributed by atoms with Gasteiger partial charge in [0.15, 0.2) is 0 Å². The number of aliphatic hydroxyl groups excluding tert-OH is 1. The molecular weight excluding hydrogens is 322 g/mol. The number of ether oxygens (including phenoxy) is 2. The Morgan fingerprint density at radius 2 is 1.80 bits per heavy atom. The number of amides is 1. The molecule has 140 valence electrons. The van der Waals surface area contributed by atoms with E-state index in [0.717, 1.165) is 5.56 Å². The third-order valence-corrected chi connectivity index (χ3v) is 3.83. The van der Waals surface area contributed by atoms with Crippen molar-refractivity contribution in [1.29, 1.82) is 0 Å². The van der Waals surface area contributed by atoms with Crippen LogP contribution in [0.3, 0.4) is 0 Å². The van der Waals surface area contributed by atoms with Crippen LogP contribution in [0.2, 0.25) is 0 Å². The van der Waals surface area contributed by atoms with Crippen LogP contribution in [0, 0.1) is 5.92 Å². The molecule has 0 saturated heterocycles. The van der Waals surface area contributed by atoms with E-state index >= 15 is 0 Å². The van der Waals surface area contributed by atoms with Crippen LogP contribution in [-0.4, -0.2) is 47.9 Å². The van der Waals surface area contributed by atoms with Crippen molar-refractivity contribution >= 4 is 12.1 Å². The number of hydrogen-bond donors (Lipinski definition) is 1. The number of hydrogen-bond acceptors (Lipinski definition) is 5. The first kappa shape index (κ1) is 21.0. The average Bonchev–Trinajstić information content (AvgIpc) is 2.57. The number of rotatable bonds is 9. The summed E-state index contributed by atoms with van der Waals surface area (Å²) in [5, 5.41) is 10.4. The molecule has 1 N–H and O–H groups in total. The summed E-state index contributed by atoms with van der Waals surface area (Å²) in [4.78, 5) is 25.3. The van der Waals surface area contributed by atoms with Gasteiger partial charge in [-0.2, -0.15) is 0 Å². The zero-order valence-electron chi connectivity index (χ0n) is 15.5. The maximum atomic E-state index is 12.3. The van der Waals surface area contributed by atoms with Crippen LogP contribution in [-0.2, 0) is 20.9 Å². The number of carbonyl (C=O) groups excluding carboxylic acids is 2. The van der Waals surface area contributed by atoms with Crippen LogP contribution in [0.1, 0.15) is 39.2 Å². The normalized spacial score (nSPS) is 13.2. The summed E-state index contributed by atoms with van der Waals surface area (Å²) in [5.74, 6) is -0.235. The highest BCUT2D eigenvalue weighted by atomic mass is 16.6. The van der Waals surface area contributed by atoms with Gasteiger partial charge in [-0.15, -0.1) is 0 Å². The summed E-state index contributed by atoms with van der Waals surface area (Å²) in [6.07, 6.45) is -1.13. The molecule has 0 fully saturated rings. The summed E-state index contributed by atoms with van der Waals surface area (Å²) in [6.45, 7) is 6.12. The van der Waals surface area contributed by atoms with Crippen molar-refractivity contribution < 1.29 is 24.2 Å². The number of carbonyl (C=O) groups is 2. The van der Waals surface area contributed by atoms with E-state index in [4.69, 9.17) is 9.47 Å². The molecule has 1 rings (SSSR count). The zero-order chi connectivity index (χ0) is 18.8. The van der Waals surface area contributed by atoms with Gasteiger partial charge < -0.3 is 19.5 Å². The number of nitrogens with zero attached hydrogens (tertiary/aromatic N) is 1. The number of likely N-dealkylation sites (N-methyl/N-ethyl adjacent to an activating group) is 1. The van der Waals surface area contributed by atoms with Crippen molar-refractivity contribution in [2.45, 2.75) is 52.4 Å². The second-order valence-electron chi connectivity index (χ2n) is 6.42. The molecule has 0 aliphatic heterocycles. The van der Waals surface area contributed by atoms with Gasteiger partial charge in [0.1, 0.15) is 6.61 Å². The van der Waals surface area contributed by atoms with E-state index in [1.54, 1.807) is 14.0 Å². The number of benzene rings is 1. The minimum absolute atomic E-state index is 0.151. The quantitative estimate of drug-likeness (QED) is 0.692. The standard InChI is InChI=1S/C19H29NO5/c1-5-24-18(22)12-17(21)16(11-14(2)3)20(4)19(23)25-13-15-9-7-6-8-10-15/h6-10,14,16-17,21H,5,11-13H2,1-4H3/t16-,17-/m0/s1. The lowest BCUT2D eigenvalue weighted by Crippen LogP contribution is -2.46. The fraction of sp³-hybridized carbons (Fsp3) is 0.579. The van der Waals surface area contributed by atoms with Crippen LogP contribution in [0.4, 0.5) is 4.79 Å². The van der Waals surface area contributed by atoms with E-state index in [-0.39, 0.29) is 25.6 Å². The highest BCUT2D eigenvalue weighted by Gasteiger charge is 2.30. The van der Waals surface area contributed by atoms with Gasteiger partial charge in [-0.05, 0) is 24.8 Å². The van der Waals surface area contributed by atoms with Gasteiger partial charge in [-0.1, -0.05) is 44.2 Å². The van der Waals surface area contributed by atoms with E-state index < -0.39 is 24.2 Å². The predicted octanol–water partition coefficient (Wildman–Crippen LogP) is 2.98. The van der Waals surface area contributed by atoms with Gasteiger partial charge in [-0.25, -0.2) is 4.79 Å². The Labute approximate surface area is 149 Å². The minimum atomic E-state index is -1.00. The molecule has 0 saturated carbocycles. The summed E-state index contributed by atoms with van der Waals surface area (Å²) >= 11 is 0. The molecule has 25 heavy (non-hydrogen) atoms. The predicted molar refractivity (Wildman–Crippen MR) is 94.9 cm³/mol. The second kappa shape index (κ2) is 10.7. The topological polar surface area (TPSA) is 76.1 Å². The molecule has 0 bridgehead atoms. The largest absolute Gasteiger partial charge is 0.466 e. The molecule has 1 aromatic rings. The highest BCUT2D eigenvalue weighted by Crippen LogP contribution is 2.18. The van der Waals surface area contributed by atoms with Crippen molar-refractivity contribution in [2.75, 3.05) is 13.7 Å². The second-order valence-corrected chi connectivity index (χ2v) is 6.42. The van der Waals surface area contributed by atoms with Gasteiger partial charge in [0, 0.05) is 7.05 Å². The minimum Gasteiger partial charge on any atom is -0.466 e. The van der Waals surface area contributed by atoms with Gasteiger partial charge in [0.2, 0.25) is 0 Å². The Kier molecular flexibility index (Phi) is 8.99. The Morgan fingerprint density at radius 1 is 1.16 bits per heavy atom. The van der Waals surface area contributed by atoms with E-state index in [1.165, 1.54) is 4.90 Å². The van der Waals surface area contributed by atoms with Gasteiger partial charge in [0.05, 0.1) is 25.2 Å². The van der Waals surface area contributed by atoms with E-state index in [9.17, 15) is 14.7 Å². The molecular formula is C19H29NO5. The monoisotopic (exact) mass is 351 g/mol. The number of esters is 1. The first-order valence-corrected chi connectivity index (χ1v) is 8.62. The molecule has 1 aromatic carbocycles. The SMILES string of the molecule is CCOC(=O)C[C@H](O)[C@H](CC(C)C)N(C)C(=O)OCc1ccccc1. The summed E-state index contributed by atoms with van der Waals surface area (Å²) < 4.78 is 10.2. The lowest BCUT2D eigenvalue weighted by atomic mass is 9.96. The molecule has 0 aromatic heterocycles. The summed E-state index contributed by atoms with van der Waals surface area (Å²) in [7, 11) is 1.58. The molecule has 6 heteroatoms. The molecule has 0 spiro atoms. The van der Waals surface area contributed by atoms with Crippen LogP contribution in [0.15, 0.2) is 30.3 Å². The van der Waals surface area contributed by atoms with E-state index in [1.807, 2.05) is 44.2 Å². The molecule has 0 heterocycles. The maximum absolute atomic E-state index is 12.3. The van der Waals surface area contributed by atoms with Crippen molar-refractivity contribution in [3.05, 3.63) is 35.9 Å². The van der Waals surface area contributed by atoms with Crippen LogP contribution in [0.5, 0.6) is 0 Å². The Balaban J connectivity index is 2.68. The molecule has 0 unspecified atom stereocenters. The van der Waals surface area contributed by atoms with Crippen molar-refractivity contribution in [3.8, 4) is 0 Å². The smallest absolute Gasteiger partial charge is 0.410 e. The average molecular weight is 351 g/mol. The van der Waals surface area contributed by atoms with Gasteiger partial charge >= 0.3 is 12.1 Å². The van der Waals surface area contributed by atoms with Crippen LogP contribution < -0.4 is 0 Å². The van der Waals surface area contributed by atoms with E-state index in [0.29, 0.717) is 6.42 Å². The fourth-order valence-electron chi connectivity index (χ4n) is 2.54. The van der Waals surface area contributed by atoms with Gasteiger partial charge in [-0.3, -0.25) is 4.79 Å². The maximum Gasteiger partial charge on any atom is 0.410 e. The third-order valence-electron chi connectivity index (χ3n) is 3.83. The molecule has 0 aliphatic carbocycles. The lowest BCUT2D eigenvalue weighted by Gasteiger charge is -2.32. The van der Waals surface area contributed by atoms with Crippen molar-refractivity contribution in [1.82, 2.24) is 4.90 Å². The lowest BCUT2D eigenvalue weighted by molar-refractivity contribution is -0.146. The third kappa shape index (κ3) is 7.56. The van der Waals surface area contributed by atoms with Crippen molar-refractivity contribution in [3.63, 3.8) is 0 Å². The first-order chi connectivity index (χ1) is 11.8. The summed E-state index contributed by atoms with van der Waals surface area (Å²) in [6, 6.07) is 8.85. The molecule has 6 nitrogen and oxygen atoms in total. The Hall–Kier alpha value is -2.08. The van der Waals surface area contributed by atoms with Gasteiger partial charge in [0.25, 0.3) is 0 Å². The first-order valence-electron chi connectivity index (χ1n) is 8.62. The Bertz CT molecular complexity index is 532. The Morgan fingerprint density at radius 3 is 2.36 bits per heavy atom. The van der Waals surface area contributed by atoms with Crippen LogP contribution >= 0.6 is 0 Å². The van der Waals surface area contributed by atoms with Crippen LogP contribution in [0.25, 0.3) is 0 Å².